The van der Waals surface area contributed by atoms with E-state index >= 15 is 0 Å². The lowest BCUT2D eigenvalue weighted by Gasteiger charge is -2.18. The van der Waals surface area contributed by atoms with Gasteiger partial charge in [0.1, 0.15) is 13.2 Å². The lowest BCUT2D eigenvalue weighted by molar-refractivity contribution is -0.167. The Kier molecular flexibility index (Phi) is 60.4. The number of rotatable bonds is 56. The second-order valence-corrected chi connectivity index (χ2v) is 20.5. The van der Waals surface area contributed by atoms with Gasteiger partial charge >= 0.3 is 17.9 Å². The van der Waals surface area contributed by atoms with E-state index in [1.807, 2.05) is 0 Å². The summed E-state index contributed by atoms with van der Waals surface area (Å²) in [5, 5.41) is 0. The Morgan fingerprint density at radius 1 is 0.273 bits per heavy atom. The van der Waals surface area contributed by atoms with Gasteiger partial charge in [-0.2, -0.15) is 0 Å². The van der Waals surface area contributed by atoms with Crippen molar-refractivity contribution >= 4 is 17.9 Å². The van der Waals surface area contributed by atoms with E-state index in [4.69, 9.17) is 14.2 Å². The van der Waals surface area contributed by atoms with Crippen LogP contribution < -0.4 is 0 Å². The van der Waals surface area contributed by atoms with Crippen LogP contribution in [0.1, 0.15) is 278 Å². The number of carbonyl (C=O) groups excluding carboxylic acids is 3. The van der Waals surface area contributed by atoms with Crippen LogP contribution in [-0.2, 0) is 28.6 Å². The van der Waals surface area contributed by atoms with Gasteiger partial charge in [-0.25, -0.2) is 0 Å². The molecule has 0 rings (SSSR count). The van der Waals surface area contributed by atoms with Crippen LogP contribution in [0.2, 0.25) is 0 Å². The van der Waals surface area contributed by atoms with Crippen molar-refractivity contribution in [2.75, 3.05) is 13.2 Å². The van der Waals surface area contributed by atoms with Gasteiger partial charge in [-0.1, -0.05) is 257 Å². The van der Waals surface area contributed by atoms with Gasteiger partial charge in [0, 0.05) is 19.3 Å². The summed E-state index contributed by atoms with van der Waals surface area (Å²) in [7, 11) is 0. The molecule has 0 bridgehead atoms. The minimum absolute atomic E-state index is 0.105. The minimum atomic E-state index is -0.808. The fourth-order valence-electron chi connectivity index (χ4n) is 8.43. The summed E-state index contributed by atoms with van der Waals surface area (Å²) >= 11 is 0. The normalized spacial score (nSPS) is 13.0. The van der Waals surface area contributed by atoms with Gasteiger partial charge in [-0.15, -0.1) is 0 Å². The third-order valence-electron chi connectivity index (χ3n) is 13.1. The quantitative estimate of drug-likeness (QED) is 0.0261. The molecule has 0 aromatic rings. The number of hydrogen-bond donors (Lipinski definition) is 0. The molecular weight excluding hydrogens is 949 g/mol. The number of hydrogen-bond acceptors (Lipinski definition) is 6. The number of carbonyl (C=O) groups is 3. The first-order valence-electron chi connectivity index (χ1n) is 31.7. The predicted octanol–water partition coefficient (Wildman–Crippen LogP) is 21.8. The third kappa shape index (κ3) is 62.3. The number of allylic oxidation sites excluding steroid dienone is 22. The summed E-state index contributed by atoms with van der Waals surface area (Å²) in [6.07, 6.45) is 90.3. The highest BCUT2D eigenvalue weighted by Crippen LogP contribution is 2.15. The molecule has 0 saturated heterocycles. The molecular formula is C71H116O6. The predicted molar refractivity (Wildman–Crippen MR) is 334 cm³/mol. The van der Waals surface area contributed by atoms with Crippen molar-refractivity contribution in [3.05, 3.63) is 134 Å². The highest BCUT2D eigenvalue weighted by molar-refractivity contribution is 5.71. The Morgan fingerprint density at radius 3 is 0.805 bits per heavy atom. The second-order valence-electron chi connectivity index (χ2n) is 20.5. The smallest absolute Gasteiger partial charge is 0.306 e. The first-order valence-corrected chi connectivity index (χ1v) is 31.7. The monoisotopic (exact) mass is 1060 g/mol. The van der Waals surface area contributed by atoms with Crippen molar-refractivity contribution < 1.29 is 28.6 Å². The van der Waals surface area contributed by atoms with Crippen LogP contribution in [0.25, 0.3) is 0 Å². The van der Waals surface area contributed by atoms with Crippen molar-refractivity contribution in [1.82, 2.24) is 0 Å². The van der Waals surface area contributed by atoms with Crippen LogP contribution in [0.4, 0.5) is 0 Å². The Morgan fingerprint density at radius 2 is 0.506 bits per heavy atom. The molecule has 0 amide bonds. The molecule has 0 aliphatic rings. The molecule has 0 fully saturated rings. The summed E-state index contributed by atoms with van der Waals surface area (Å²) < 4.78 is 16.9. The zero-order chi connectivity index (χ0) is 55.7. The molecule has 0 aromatic heterocycles. The molecule has 6 nitrogen and oxygen atoms in total. The first kappa shape index (κ1) is 72.5. The number of esters is 3. The number of ether oxygens (including phenoxy) is 3. The topological polar surface area (TPSA) is 78.9 Å². The molecule has 0 radical (unpaired) electrons. The summed E-state index contributed by atoms with van der Waals surface area (Å²) in [6.45, 7) is 6.36. The Labute approximate surface area is 475 Å². The molecule has 0 N–H and O–H groups in total. The van der Waals surface area contributed by atoms with E-state index in [1.54, 1.807) is 0 Å². The molecule has 0 saturated carbocycles. The van der Waals surface area contributed by atoms with Gasteiger partial charge in [0.2, 0.25) is 0 Å². The molecule has 0 aliphatic carbocycles. The zero-order valence-electron chi connectivity index (χ0n) is 49.9. The van der Waals surface area contributed by atoms with Crippen LogP contribution >= 0.6 is 0 Å². The number of unbranched alkanes of at least 4 members (excludes halogenated alkanes) is 23. The molecule has 6 heteroatoms. The zero-order valence-corrected chi connectivity index (χ0v) is 49.9. The fraction of sp³-hybridized carbons (Fsp3) is 0.648. The van der Waals surface area contributed by atoms with E-state index in [-0.39, 0.29) is 31.1 Å². The van der Waals surface area contributed by atoms with E-state index in [2.05, 4.69) is 154 Å². The lowest BCUT2D eigenvalue weighted by Crippen LogP contribution is -2.30. The average Bonchev–Trinajstić information content (AvgIpc) is 3.43. The Hall–Kier alpha value is -4.45. The molecule has 0 heterocycles. The third-order valence-corrected chi connectivity index (χ3v) is 13.1. The van der Waals surface area contributed by atoms with Crippen LogP contribution in [0.5, 0.6) is 0 Å². The molecule has 1 unspecified atom stereocenters. The lowest BCUT2D eigenvalue weighted by atomic mass is 10.0. The van der Waals surface area contributed by atoms with Gasteiger partial charge in [0.05, 0.1) is 0 Å². The van der Waals surface area contributed by atoms with E-state index < -0.39 is 6.10 Å². The highest BCUT2D eigenvalue weighted by atomic mass is 16.6. The van der Waals surface area contributed by atoms with Gasteiger partial charge in [0.25, 0.3) is 0 Å². The SMILES string of the molecule is CC/C=C\C/C=C\C/C=C\C/C=C\C/C=C\C/C=C\CCCCCCC(=O)OCC(COC(=O)CCCCC/C=C\C/C=C\C/C=C\CC)OC(=O)CCCCCCCCCCCCC/C=C\C/C=C\CCCCCCC. The summed E-state index contributed by atoms with van der Waals surface area (Å²) in [4.78, 5) is 38.3. The molecule has 0 aliphatic heterocycles. The molecule has 77 heavy (non-hydrogen) atoms. The molecule has 436 valence electrons. The maximum Gasteiger partial charge on any atom is 0.306 e. The molecule has 0 spiro atoms. The maximum absolute atomic E-state index is 12.9. The summed E-state index contributed by atoms with van der Waals surface area (Å²) in [5.74, 6) is -0.958. The van der Waals surface area contributed by atoms with Crippen LogP contribution in [-0.4, -0.2) is 37.2 Å². The van der Waals surface area contributed by atoms with Gasteiger partial charge in [0.15, 0.2) is 6.10 Å². The van der Waals surface area contributed by atoms with Crippen molar-refractivity contribution in [1.29, 1.82) is 0 Å². The summed E-state index contributed by atoms with van der Waals surface area (Å²) in [6, 6.07) is 0. The van der Waals surface area contributed by atoms with Crippen molar-refractivity contribution in [2.45, 2.75) is 284 Å². The van der Waals surface area contributed by atoms with Crippen molar-refractivity contribution in [3.8, 4) is 0 Å². The largest absolute Gasteiger partial charge is 0.462 e. The van der Waals surface area contributed by atoms with E-state index in [0.717, 1.165) is 141 Å². The standard InChI is InChI=1S/C71H116O6/c1-4-7-10-13-16-19-22-25-27-29-31-33-35-37-39-41-43-46-49-52-55-58-61-64-70(73)76-67-68(66-75-69(72)63-60-57-54-51-48-45-24-21-18-15-12-9-6-3)77-71(74)65-62-59-56-53-50-47-44-42-40-38-36-34-32-30-28-26-23-20-17-14-11-8-5-2/h7,9-10,12,16,18-19,21,23,25-27,30-33,37,39,43,45-46,48,68H,4-6,8,11,13-15,17,20,22,24,28-29,34-36,38,40-42,44,47,49-67H2,1-3H3/b10-7-,12-9-,19-16-,21-18-,26-23-,27-25-,32-30-,33-31-,39-37-,46-43-,48-45-. The maximum atomic E-state index is 12.9. The van der Waals surface area contributed by atoms with Crippen LogP contribution in [0, 0.1) is 0 Å². The first-order chi connectivity index (χ1) is 38.0. The Balaban J connectivity index is 4.43. The van der Waals surface area contributed by atoms with Crippen molar-refractivity contribution in [2.24, 2.45) is 0 Å². The van der Waals surface area contributed by atoms with Crippen LogP contribution in [0.15, 0.2) is 134 Å². The van der Waals surface area contributed by atoms with E-state index in [9.17, 15) is 14.4 Å². The Bertz CT molecular complexity index is 1650. The average molecular weight is 1070 g/mol. The molecule has 1 atom stereocenters. The summed E-state index contributed by atoms with van der Waals surface area (Å²) in [5.41, 5.74) is 0. The minimum Gasteiger partial charge on any atom is -0.462 e. The van der Waals surface area contributed by atoms with Crippen LogP contribution in [0.3, 0.4) is 0 Å². The second kappa shape index (κ2) is 64.1. The van der Waals surface area contributed by atoms with E-state index in [1.165, 1.54) is 96.3 Å². The van der Waals surface area contributed by atoms with E-state index in [0.29, 0.717) is 19.3 Å². The van der Waals surface area contributed by atoms with Gasteiger partial charge in [-0.3, -0.25) is 14.4 Å². The van der Waals surface area contributed by atoms with Gasteiger partial charge in [-0.05, 0) is 135 Å². The highest BCUT2D eigenvalue weighted by Gasteiger charge is 2.19. The van der Waals surface area contributed by atoms with Gasteiger partial charge < -0.3 is 14.2 Å². The molecule has 0 aromatic carbocycles. The van der Waals surface area contributed by atoms with Crippen molar-refractivity contribution in [3.63, 3.8) is 0 Å². The fourth-order valence-corrected chi connectivity index (χ4v) is 8.43.